The summed E-state index contributed by atoms with van der Waals surface area (Å²) in [5, 5.41) is 4.04. The third-order valence-electron chi connectivity index (χ3n) is 3.76. The Morgan fingerprint density at radius 1 is 1.26 bits per heavy atom. The Balaban J connectivity index is 1.83. The van der Waals surface area contributed by atoms with Gasteiger partial charge in [0.15, 0.2) is 6.10 Å². The lowest BCUT2D eigenvalue weighted by Gasteiger charge is -2.30. The molecule has 1 aromatic carbocycles. The highest BCUT2D eigenvalue weighted by molar-refractivity contribution is 5.84. The Bertz CT molecular complexity index is 515. The minimum Gasteiger partial charge on any atom is -0.387 e. The number of hydrogen-bond acceptors (Lipinski definition) is 4. The second kappa shape index (κ2) is 5.03. The summed E-state index contributed by atoms with van der Waals surface area (Å²) < 4.78 is 0. The highest BCUT2D eigenvalue weighted by Crippen LogP contribution is 2.34. The molecule has 19 heavy (non-hydrogen) atoms. The van der Waals surface area contributed by atoms with Crippen molar-refractivity contribution in [2.24, 2.45) is 5.16 Å². The minimum absolute atomic E-state index is 0.0221. The average molecular weight is 258 g/mol. The van der Waals surface area contributed by atoms with Gasteiger partial charge in [0.25, 0.3) is 0 Å². The van der Waals surface area contributed by atoms with Gasteiger partial charge in [0, 0.05) is 43.6 Å². The molecule has 0 spiro atoms. The van der Waals surface area contributed by atoms with Crippen LogP contribution in [0.2, 0.25) is 0 Å². The molecule has 0 radical (unpaired) electrons. The van der Waals surface area contributed by atoms with E-state index in [1.807, 2.05) is 19.1 Å². The zero-order chi connectivity index (χ0) is 13.2. The number of ketones is 1. The molecular formula is C15H18N2O2. The quantitative estimate of drug-likeness (QED) is 0.819. The van der Waals surface area contributed by atoms with E-state index >= 15 is 0 Å². The standard InChI is InChI=1S/C15H18N2O2/c1-11-10-15(19-16-11)13-4-2-3-5-14(13)17-8-6-12(18)7-9-17/h2-5,15H,6-10H2,1H3/t15-/m1/s1. The lowest BCUT2D eigenvalue weighted by Crippen LogP contribution is -2.34. The molecule has 0 unspecified atom stereocenters. The predicted octanol–water partition coefficient (Wildman–Crippen LogP) is 2.69. The summed E-state index contributed by atoms with van der Waals surface area (Å²) in [7, 11) is 0. The Labute approximate surface area is 113 Å². The third-order valence-corrected chi connectivity index (χ3v) is 3.76. The number of anilines is 1. The molecule has 2 aliphatic heterocycles. The highest BCUT2D eigenvalue weighted by atomic mass is 16.6. The van der Waals surface area contributed by atoms with Crippen molar-refractivity contribution in [3.8, 4) is 0 Å². The molecule has 2 aliphatic rings. The molecule has 0 bridgehead atoms. The highest BCUT2D eigenvalue weighted by Gasteiger charge is 2.26. The maximum Gasteiger partial charge on any atom is 0.159 e. The van der Waals surface area contributed by atoms with Gasteiger partial charge < -0.3 is 9.74 Å². The maximum absolute atomic E-state index is 11.4. The van der Waals surface area contributed by atoms with E-state index in [4.69, 9.17) is 4.84 Å². The van der Waals surface area contributed by atoms with Crippen LogP contribution < -0.4 is 4.90 Å². The molecule has 1 saturated heterocycles. The number of Topliss-reactive ketones (excluding diaryl/α,β-unsaturated/α-hetero) is 1. The molecule has 2 heterocycles. The molecule has 100 valence electrons. The molecule has 4 heteroatoms. The molecule has 0 aromatic heterocycles. The third kappa shape index (κ3) is 2.48. The summed E-state index contributed by atoms with van der Waals surface area (Å²) in [6.07, 6.45) is 2.17. The van der Waals surface area contributed by atoms with Crippen LogP contribution in [-0.2, 0) is 9.63 Å². The van der Waals surface area contributed by atoms with Crippen LogP contribution in [0.4, 0.5) is 5.69 Å². The molecule has 0 aliphatic carbocycles. The van der Waals surface area contributed by atoms with E-state index in [1.54, 1.807) is 0 Å². The van der Waals surface area contributed by atoms with Gasteiger partial charge in [-0.1, -0.05) is 23.4 Å². The van der Waals surface area contributed by atoms with Crippen LogP contribution in [-0.4, -0.2) is 24.6 Å². The van der Waals surface area contributed by atoms with Crippen molar-refractivity contribution in [3.05, 3.63) is 29.8 Å². The molecule has 3 rings (SSSR count). The van der Waals surface area contributed by atoms with E-state index in [1.165, 1.54) is 11.3 Å². The Morgan fingerprint density at radius 2 is 2.00 bits per heavy atom. The number of rotatable bonds is 2. The summed E-state index contributed by atoms with van der Waals surface area (Å²) in [5.41, 5.74) is 3.40. The van der Waals surface area contributed by atoms with E-state index in [0.29, 0.717) is 18.6 Å². The van der Waals surface area contributed by atoms with Crippen molar-refractivity contribution in [2.75, 3.05) is 18.0 Å². The first-order valence-electron chi connectivity index (χ1n) is 6.79. The second-order valence-corrected chi connectivity index (χ2v) is 5.21. The molecule has 1 atom stereocenters. The largest absolute Gasteiger partial charge is 0.387 e. The molecular weight excluding hydrogens is 240 g/mol. The van der Waals surface area contributed by atoms with E-state index < -0.39 is 0 Å². The topological polar surface area (TPSA) is 41.9 Å². The monoisotopic (exact) mass is 258 g/mol. The van der Waals surface area contributed by atoms with E-state index in [0.717, 1.165) is 25.2 Å². The van der Waals surface area contributed by atoms with Gasteiger partial charge in [-0.05, 0) is 13.0 Å². The first-order chi connectivity index (χ1) is 9.24. The fraction of sp³-hybridized carbons (Fsp3) is 0.467. The van der Waals surface area contributed by atoms with Gasteiger partial charge in [-0.15, -0.1) is 0 Å². The van der Waals surface area contributed by atoms with Crippen molar-refractivity contribution in [1.29, 1.82) is 0 Å². The minimum atomic E-state index is 0.0221. The van der Waals surface area contributed by atoms with Gasteiger partial charge in [0.1, 0.15) is 5.78 Å². The van der Waals surface area contributed by atoms with Gasteiger partial charge in [0.2, 0.25) is 0 Å². The molecule has 0 amide bonds. The van der Waals surface area contributed by atoms with Gasteiger partial charge in [-0.2, -0.15) is 0 Å². The Kier molecular flexibility index (Phi) is 3.23. The number of oxime groups is 1. The zero-order valence-electron chi connectivity index (χ0n) is 11.1. The summed E-state index contributed by atoms with van der Waals surface area (Å²) in [6.45, 7) is 3.60. The fourth-order valence-corrected chi connectivity index (χ4v) is 2.71. The van der Waals surface area contributed by atoms with E-state index in [2.05, 4.69) is 22.2 Å². The second-order valence-electron chi connectivity index (χ2n) is 5.21. The Hall–Kier alpha value is -1.84. The van der Waals surface area contributed by atoms with Crippen molar-refractivity contribution in [3.63, 3.8) is 0 Å². The van der Waals surface area contributed by atoms with Gasteiger partial charge in [0.05, 0.1) is 5.71 Å². The van der Waals surface area contributed by atoms with Crippen LogP contribution in [0.1, 0.15) is 37.9 Å². The lowest BCUT2D eigenvalue weighted by atomic mass is 10.0. The Morgan fingerprint density at radius 3 is 2.68 bits per heavy atom. The van der Waals surface area contributed by atoms with Crippen LogP contribution in [0.25, 0.3) is 0 Å². The normalized spacial score (nSPS) is 23.2. The number of carbonyl (C=O) groups is 1. The molecule has 1 aromatic rings. The van der Waals surface area contributed by atoms with Crippen molar-refractivity contribution >= 4 is 17.2 Å². The van der Waals surface area contributed by atoms with Crippen molar-refractivity contribution in [1.82, 2.24) is 0 Å². The molecule has 1 fully saturated rings. The number of benzene rings is 1. The molecule has 0 N–H and O–H groups in total. The predicted molar refractivity (Wildman–Crippen MR) is 74.4 cm³/mol. The SMILES string of the molecule is CC1=NO[C@@H](c2ccccc2N2CCC(=O)CC2)C1. The van der Waals surface area contributed by atoms with E-state index in [-0.39, 0.29) is 6.10 Å². The number of para-hydroxylation sites is 1. The van der Waals surface area contributed by atoms with Crippen LogP contribution in [0.3, 0.4) is 0 Å². The number of hydrogen-bond donors (Lipinski definition) is 0. The van der Waals surface area contributed by atoms with Crippen LogP contribution in [0.5, 0.6) is 0 Å². The summed E-state index contributed by atoms with van der Waals surface area (Å²) >= 11 is 0. The summed E-state index contributed by atoms with van der Waals surface area (Å²) in [4.78, 5) is 19.1. The van der Waals surface area contributed by atoms with Crippen molar-refractivity contribution in [2.45, 2.75) is 32.3 Å². The van der Waals surface area contributed by atoms with Crippen molar-refractivity contribution < 1.29 is 9.63 Å². The van der Waals surface area contributed by atoms with Crippen LogP contribution >= 0.6 is 0 Å². The molecule has 4 nitrogen and oxygen atoms in total. The van der Waals surface area contributed by atoms with Gasteiger partial charge in [-0.3, -0.25) is 4.79 Å². The summed E-state index contributed by atoms with van der Waals surface area (Å²) in [6, 6.07) is 8.29. The van der Waals surface area contributed by atoms with Crippen LogP contribution in [0.15, 0.2) is 29.4 Å². The van der Waals surface area contributed by atoms with E-state index in [9.17, 15) is 4.79 Å². The number of piperidine rings is 1. The van der Waals surface area contributed by atoms with Gasteiger partial charge >= 0.3 is 0 Å². The zero-order valence-corrected chi connectivity index (χ0v) is 11.1. The smallest absolute Gasteiger partial charge is 0.159 e. The summed E-state index contributed by atoms with van der Waals surface area (Å²) in [5.74, 6) is 0.366. The maximum atomic E-state index is 11.4. The first-order valence-corrected chi connectivity index (χ1v) is 6.79. The first kappa shape index (κ1) is 12.2. The molecule has 0 saturated carbocycles. The number of carbonyl (C=O) groups excluding carboxylic acids is 1. The van der Waals surface area contributed by atoms with Gasteiger partial charge in [-0.25, -0.2) is 0 Å². The fourth-order valence-electron chi connectivity index (χ4n) is 2.71. The lowest BCUT2D eigenvalue weighted by molar-refractivity contribution is -0.119. The van der Waals surface area contributed by atoms with Crippen LogP contribution in [0, 0.1) is 0 Å². The average Bonchev–Trinajstić information content (AvgIpc) is 2.86. The number of nitrogens with zero attached hydrogens (tertiary/aromatic N) is 2.